The highest BCUT2D eigenvalue weighted by Gasteiger charge is 2.11. The van der Waals surface area contributed by atoms with Crippen LogP contribution in [0.25, 0.3) is 6.08 Å². The Kier molecular flexibility index (Phi) is 7.37. The summed E-state index contributed by atoms with van der Waals surface area (Å²) in [6, 6.07) is 11.8. The number of ether oxygens (including phenoxy) is 1. The zero-order chi connectivity index (χ0) is 20.7. The van der Waals surface area contributed by atoms with E-state index in [2.05, 4.69) is 10.0 Å². The van der Waals surface area contributed by atoms with E-state index in [4.69, 9.17) is 4.74 Å². The molecule has 2 rings (SSSR count). The minimum Gasteiger partial charge on any atom is -0.491 e. The number of benzene rings is 2. The van der Waals surface area contributed by atoms with Crippen molar-refractivity contribution in [1.82, 2.24) is 4.72 Å². The fraction of sp³-hybridized carbons (Fsp3) is 0.286. The van der Waals surface area contributed by atoms with Gasteiger partial charge in [0, 0.05) is 18.3 Å². The van der Waals surface area contributed by atoms with Crippen molar-refractivity contribution in [2.45, 2.75) is 38.7 Å². The maximum absolute atomic E-state index is 12.2. The van der Waals surface area contributed by atoms with Crippen molar-refractivity contribution >= 4 is 27.7 Å². The monoisotopic (exact) mass is 402 g/mol. The molecule has 6 nitrogen and oxygen atoms in total. The number of amides is 1. The van der Waals surface area contributed by atoms with Crippen LogP contribution in [0.4, 0.5) is 5.69 Å². The Bertz CT molecular complexity index is 949. The Morgan fingerprint density at radius 2 is 1.82 bits per heavy atom. The Hall–Kier alpha value is -2.64. The first-order chi connectivity index (χ1) is 13.2. The molecule has 0 aliphatic heterocycles. The van der Waals surface area contributed by atoms with Gasteiger partial charge in [0.2, 0.25) is 15.9 Å². The molecular weight excluding hydrogens is 376 g/mol. The number of rotatable bonds is 8. The van der Waals surface area contributed by atoms with Gasteiger partial charge < -0.3 is 10.1 Å². The van der Waals surface area contributed by atoms with Crippen molar-refractivity contribution in [3.05, 3.63) is 59.7 Å². The first kappa shape index (κ1) is 21.7. The predicted octanol–water partition coefficient (Wildman–Crippen LogP) is 3.73. The topological polar surface area (TPSA) is 84.5 Å². The van der Waals surface area contributed by atoms with Gasteiger partial charge >= 0.3 is 0 Å². The summed E-state index contributed by atoms with van der Waals surface area (Å²) in [5.41, 5.74) is 2.33. The van der Waals surface area contributed by atoms with Crippen molar-refractivity contribution in [3.8, 4) is 5.75 Å². The molecule has 0 aliphatic carbocycles. The first-order valence-electron chi connectivity index (χ1n) is 9.07. The van der Waals surface area contributed by atoms with Gasteiger partial charge in [-0.05, 0) is 68.3 Å². The SMILES string of the molecule is CCNS(=O)(=O)c1ccc(C=CC(=O)Nc2ccc(OC(C)C)cc2C)cc1. The third-order valence-electron chi connectivity index (χ3n) is 3.78. The molecule has 0 heterocycles. The zero-order valence-corrected chi connectivity index (χ0v) is 17.3. The fourth-order valence-corrected chi connectivity index (χ4v) is 3.54. The first-order valence-corrected chi connectivity index (χ1v) is 10.6. The van der Waals surface area contributed by atoms with E-state index >= 15 is 0 Å². The summed E-state index contributed by atoms with van der Waals surface area (Å²) >= 11 is 0. The molecule has 2 aromatic carbocycles. The molecular formula is C21H26N2O4S. The summed E-state index contributed by atoms with van der Waals surface area (Å²) in [6.45, 7) is 7.86. The summed E-state index contributed by atoms with van der Waals surface area (Å²) in [7, 11) is -3.48. The lowest BCUT2D eigenvalue weighted by atomic mass is 10.2. The molecule has 0 radical (unpaired) electrons. The molecule has 28 heavy (non-hydrogen) atoms. The molecule has 7 heteroatoms. The summed E-state index contributed by atoms with van der Waals surface area (Å²) < 4.78 is 31.9. The van der Waals surface area contributed by atoms with E-state index in [-0.39, 0.29) is 16.9 Å². The lowest BCUT2D eigenvalue weighted by Gasteiger charge is -2.12. The molecule has 2 N–H and O–H groups in total. The Morgan fingerprint density at radius 3 is 2.39 bits per heavy atom. The van der Waals surface area contributed by atoms with E-state index in [0.29, 0.717) is 12.2 Å². The van der Waals surface area contributed by atoms with Crippen LogP contribution in [0.15, 0.2) is 53.4 Å². The van der Waals surface area contributed by atoms with Crippen LogP contribution in [-0.4, -0.2) is 27.0 Å². The van der Waals surface area contributed by atoms with Crippen LogP contribution in [-0.2, 0) is 14.8 Å². The maximum Gasteiger partial charge on any atom is 0.248 e. The number of carbonyl (C=O) groups excluding carboxylic acids is 1. The summed E-state index contributed by atoms with van der Waals surface area (Å²) in [5.74, 6) is 0.485. The molecule has 0 bridgehead atoms. The highest BCUT2D eigenvalue weighted by molar-refractivity contribution is 7.89. The van der Waals surface area contributed by atoms with Crippen LogP contribution in [0.1, 0.15) is 31.9 Å². The van der Waals surface area contributed by atoms with E-state index in [0.717, 1.165) is 16.9 Å². The third-order valence-corrected chi connectivity index (χ3v) is 5.34. The molecule has 0 unspecified atom stereocenters. The van der Waals surface area contributed by atoms with Gasteiger partial charge in [0.15, 0.2) is 0 Å². The Morgan fingerprint density at radius 1 is 1.14 bits per heavy atom. The minimum atomic E-state index is -3.48. The van der Waals surface area contributed by atoms with Gasteiger partial charge in [0.1, 0.15) is 5.75 Å². The van der Waals surface area contributed by atoms with E-state index in [1.165, 1.54) is 18.2 Å². The van der Waals surface area contributed by atoms with Crippen molar-refractivity contribution in [1.29, 1.82) is 0 Å². The van der Waals surface area contributed by atoms with Crippen LogP contribution in [0.3, 0.4) is 0 Å². The summed E-state index contributed by atoms with van der Waals surface area (Å²) in [6.07, 6.45) is 3.12. The highest BCUT2D eigenvalue weighted by atomic mass is 32.2. The standard InChI is InChI=1S/C21H26N2O4S/c1-5-22-28(25,26)19-10-6-17(7-11-19)8-13-21(24)23-20-12-9-18(14-16(20)4)27-15(2)3/h6-15,22H,5H2,1-4H3,(H,23,24). The largest absolute Gasteiger partial charge is 0.491 e. The number of hydrogen-bond donors (Lipinski definition) is 2. The Balaban J connectivity index is 2.02. The number of sulfonamides is 1. The minimum absolute atomic E-state index is 0.0851. The van der Waals surface area contributed by atoms with Crippen LogP contribution in [0.2, 0.25) is 0 Å². The number of nitrogens with one attached hydrogen (secondary N) is 2. The van der Waals surface area contributed by atoms with Crippen LogP contribution in [0, 0.1) is 6.92 Å². The molecule has 0 spiro atoms. The van der Waals surface area contributed by atoms with Gasteiger partial charge in [-0.1, -0.05) is 19.1 Å². The molecule has 0 aromatic heterocycles. The molecule has 0 saturated heterocycles. The van der Waals surface area contributed by atoms with Crippen molar-refractivity contribution in [3.63, 3.8) is 0 Å². The molecule has 2 aromatic rings. The molecule has 0 saturated carbocycles. The smallest absolute Gasteiger partial charge is 0.248 e. The number of hydrogen-bond acceptors (Lipinski definition) is 4. The Labute approximate surface area is 166 Å². The second kappa shape index (κ2) is 9.52. The van der Waals surface area contributed by atoms with Gasteiger partial charge in [-0.3, -0.25) is 4.79 Å². The molecule has 1 amide bonds. The molecule has 150 valence electrons. The van der Waals surface area contributed by atoms with Crippen molar-refractivity contribution < 1.29 is 17.9 Å². The number of carbonyl (C=O) groups is 1. The average molecular weight is 403 g/mol. The summed E-state index contributed by atoms with van der Waals surface area (Å²) in [4.78, 5) is 12.4. The van der Waals surface area contributed by atoms with E-state index in [1.807, 2.05) is 32.9 Å². The zero-order valence-electron chi connectivity index (χ0n) is 16.5. The van der Waals surface area contributed by atoms with Gasteiger partial charge in [-0.25, -0.2) is 13.1 Å². The van der Waals surface area contributed by atoms with Gasteiger partial charge in [-0.15, -0.1) is 0 Å². The molecule has 0 atom stereocenters. The van der Waals surface area contributed by atoms with Crippen molar-refractivity contribution in [2.75, 3.05) is 11.9 Å². The summed E-state index contributed by atoms with van der Waals surface area (Å²) in [5, 5.41) is 2.83. The van der Waals surface area contributed by atoms with Gasteiger partial charge in [0.25, 0.3) is 0 Å². The molecule has 0 fully saturated rings. The van der Waals surface area contributed by atoms with Crippen LogP contribution in [0.5, 0.6) is 5.75 Å². The van der Waals surface area contributed by atoms with Gasteiger partial charge in [0.05, 0.1) is 11.0 Å². The van der Waals surface area contributed by atoms with Crippen molar-refractivity contribution in [2.24, 2.45) is 0 Å². The second-order valence-corrected chi connectivity index (χ2v) is 8.30. The normalized spacial score (nSPS) is 11.8. The quantitative estimate of drug-likeness (QED) is 0.659. The second-order valence-electron chi connectivity index (χ2n) is 6.54. The fourth-order valence-electron chi connectivity index (χ4n) is 2.50. The number of anilines is 1. The lowest BCUT2D eigenvalue weighted by Crippen LogP contribution is -2.22. The van der Waals surface area contributed by atoms with E-state index in [9.17, 15) is 13.2 Å². The lowest BCUT2D eigenvalue weighted by molar-refractivity contribution is -0.111. The molecule has 0 aliphatic rings. The van der Waals surface area contributed by atoms with Crippen LogP contribution >= 0.6 is 0 Å². The van der Waals surface area contributed by atoms with Crippen LogP contribution < -0.4 is 14.8 Å². The number of aryl methyl sites for hydroxylation is 1. The van der Waals surface area contributed by atoms with E-state index < -0.39 is 10.0 Å². The highest BCUT2D eigenvalue weighted by Crippen LogP contribution is 2.22. The maximum atomic E-state index is 12.2. The average Bonchev–Trinajstić information content (AvgIpc) is 2.62. The van der Waals surface area contributed by atoms with Gasteiger partial charge in [-0.2, -0.15) is 0 Å². The predicted molar refractivity (Wildman–Crippen MR) is 112 cm³/mol. The third kappa shape index (κ3) is 6.21. The van der Waals surface area contributed by atoms with E-state index in [1.54, 1.807) is 31.2 Å².